The lowest BCUT2D eigenvalue weighted by Crippen LogP contribution is -2.36. The fourth-order valence-electron chi connectivity index (χ4n) is 1.20. The number of nitrogens with one attached hydrogen (secondary N) is 1. The highest BCUT2D eigenvalue weighted by Crippen LogP contribution is 2.08. The Morgan fingerprint density at radius 1 is 1.30 bits per heavy atom. The van der Waals surface area contributed by atoms with Gasteiger partial charge in [0.25, 0.3) is 0 Å². The van der Waals surface area contributed by atoms with Crippen LogP contribution in [-0.2, 0) is 0 Å². The number of hydrogen-bond acceptors (Lipinski definition) is 2. The molecule has 0 fully saturated rings. The lowest BCUT2D eigenvalue weighted by atomic mass is 10.3. The average molecular weight is 134 g/mol. The fraction of sp³-hybridized carbons (Fsp3) is 0.250. The van der Waals surface area contributed by atoms with Crippen LogP contribution in [0.3, 0.4) is 0 Å². The molecule has 0 aromatic rings. The SMILES string of the molecule is C1=CC(N2CC=CN2)C=C1. The molecule has 0 saturated heterocycles. The first-order chi connectivity index (χ1) is 4.97. The zero-order chi connectivity index (χ0) is 6.81. The van der Waals surface area contributed by atoms with E-state index in [0.717, 1.165) is 6.54 Å². The van der Waals surface area contributed by atoms with Gasteiger partial charge in [0.1, 0.15) is 0 Å². The van der Waals surface area contributed by atoms with Crippen molar-refractivity contribution in [2.75, 3.05) is 6.54 Å². The van der Waals surface area contributed by atoms with Crippen molar-refractivity contribution in [3.8, 4) is 0 Å². The maximum Gasteiger partial charge on any atom is 0.0661 e. The summed E-state index contributed by atoms with van der Waals surface area (Å²) in [5.74, 6) is 0. The van der Waals surface area contributed by atoms with Gasteiger partial charge in [-0.05, 0) is 0 Å². The zero-order valence-electron chi connectivity index (χ0n) is 5.70. The van der Waals surface area contributed by atoms with E-state index in [1.54, 1.807) is 0 Å². The van der Waals surface area contributed by atoms with Crippen molar-refractivity contribution in [2.45, 2.75) is 6.04 Å². The van der Waals surface area contributed by atoms with Crippen molar-refractivity contribution in [3.63, 3.8) is 0 Å². The third-order valence-electron chi connectivity index (χ3n) is 1.75. The molecule has 0 aromatic heterocycles. The van der Waals surface area contributed by atoms with Crippen LogP contribution >= 0.6 is 0 Å². The minimum Gasteiger partial charge on any atom is -0.325 e. The van der Waals surface area contributed by atoms with Crippen LogP contribution in [0.4, 0.5) is 0 Å². The Balaban J connectivity index is 2.00. The third kappa shape index (κ3) is 0.866. The van der Waals surface area contributed by atoms with E-state index < -0.39 is 0 Å². The van der Waals surface area contributed by atoms with Gasteiger partial charge in [0, 0.05) is 12.7 Å². The molecule has 10 heavy (non-hydrogen) atoms. The van der Waals surface area contributed by atoms with Crippen LogP contribution in [0.25, 0.3) is 0 Å². The number of hydrazine groups is 1. The van der Waals surface area contributed by atoms with E-state index in [1.807, 2.05) is 6.20 Å². The standard InChI is InChI=1S/C8H10N2/c1-2-5-8(4-1)10-7-3-6-9-10/h1-6,8-9H,7H2. The fourth-order valence-corrected chi connectivity index (χ4v) is 1.20. The summed E-state index contributed by atoms with van der Waals surface area (Å²) in [6, 6.07) is 0.454. The van der Waals surface area contributed by atoms with E-state index in [1.165, 1.54) is 0 Å². The molecule has 0 aromatic carbocycles. The van der Waals surface area contributed by atoms with Crippen LogP contribution in [0, 0.1) is 0 Å². The largest absolute Gasteiger partial charge is 0.325 e. The van der Waals surface area contributed by atoms with Crippen molar-refractivity contribution >= 4 is 0 Å². The molecule has 1 aliphatic heterocycles. The van der Waals surface area contributed by atoms with Crippen LogP contribution in [0.1, 0.15) is 0 Å². The van der Waals surface area contributed by atoms with E-state index >= 15 is 0 Å². The Morgan fingerprint density at radius 2 is 2.10 bits per heavy atom. The molecule has 0 atom stereocenters. The molecule has 0 amide bonds. The molecule has 2 aliphatic rings. The maximum atomic E-state index is 3.15. The topological polar surface area (TPSA) is 15.3 Å². The van der Waals surface area contributed by atoms with E-state index in [0.29, 0.717) is 6.04 Å². The van der Waals surface area contributed by atoms with Gasteiger partial charge in [0.2, 0.25) is 0 Å². The molecule has 2 nitrogen and oxygen atoms in total. The van der Waals surface area contributed by atoms with Gasteiger partial charge >= 0.3 is 0 Å². The summed E-state index contributed by atoms with van der Waals surface area (Å²) in [5.41, 5.74) is 3.15. The van der Waals surface area contributed by atoms with Crippen LogP contribution in [0.15, 0.2) is 36.6 Å². The van der Waals surface area contributed by atoms with Crippen LogP contribution in [0.5, 0.6) is 0 Å². The number of rotatable bonds is 1. The van der Waals surface area contributed by atoms with Crippen molar-refractivity contribution in [1.82, 2.24) is 10.4 Å². The summed E-state index contributed by atoms with van der Waals surface area (Å²) in [4.78, 5) is 0. The highest BCUT2D eigenvalue weighted by atomic mass is 15.5. The molecule has 2 heteroatoms. The smallest absolute Gasteiger partial charge is 0.0661 e. The second-order valence-electron chi connectivity index (χ2n) is 2.44. The Kier molecular flexibility index (Phi) is 1.32. The molecule has 0 saturated carbocycles. The van der Waals surface area contributed by atoms with E-state index in [2.05, 4.69) is 40.8 Å². The highest BCUT2D eigenvalue weighted by Gasteiger charge is 2.14. The van der Waals surface area contributed by atoms with Crippen molar-refractivity contribution < 1.29 is 0 Å². The van der Waals surface area contributed by atoms with Gasteiger partial charge in [-0.3, -0.25) is 0 Å². The molecule has 1 heterocycles. The monoisotopic (exact) mass is 134 g/mol. The minimum absolute atomic E-state index is 0.454. The first-order valence-corrected chi connectivity index (χ1v) is 3.49. The van der Waals surface area contributed by atoms with Crippen LogP contribution in [0.2, 0.25) is 0 Å². The normalized spacial score (nSPS) is 24.4. The number of hydrogen-bond donors (Lipinski definition) is 1. The van der Waals surface area contributed by atoms with Crippen LogP contribution in [-0.4, -0.2) is 17.6 Å². The summed E-state index contributed by atoms with van der Waals surface area (Å²) in [6.45, 7) is 0.999. The summed E-state index contributed by atoms with van der Waals surface area (Å²) in [6.07, 6.45) is 12.6. The summed E-state index contributed by atoms with van der Waals surface area (Å²) in [7, 11) is 0. The molecular weight excluding hydrogens is 124 g/mol. The predicted molar refractivity (Wildman–Crippen MR) is 41.0 cm³/mol. The molecule has 1 N–H and O–H groups in total. The van der Waals surface area contributed by atoms with E-state index in [4.69, 9.17) is 0 Å². The van der Waals surface area contributed by atoms with Crippen LogP contribution < -0.4 is 5.43 Å². The molecule has 1 aliphatic carbocycles. The highest BCUT2D eigenvalue weighted by molar-refractivity contribution is 5.22. The Labute approximate surface area is 60.5 Å². The molecule has 0 unspecified atom stereocenters. The molecular formula is C8H10N2. The second-order valence-corrected chi connectivity index (χ2v) is 2.44. The Bertz CT molecular complexity index is 183. The molecule has 0 radical (unpaired) electrons. The van der Waals surface area contributed by atoms with E-state index in [9.17, 15) is 0 Å². The molecule has 0 spiro atoms. The van der Waals surface area contributed by atoms with Gasteiger partial charge in [-0.1, -0.05) is 30.4 Å². The summed E-state index contributed by atoms with van der Waals surface area (Å²) in [5, 5.41) is 2.17. The molecule has 52 valence electrons. The first kappa shape index (κ1) is 5.74. The third-order valence-corrected chi connectivity index (χ3v) is 1.75. The van der Waals surface area contributed by atoms with Crippen molar-refractivity contribution in [1.29, 1.82) is 0 Å². The number of nitrogens with zero attached hydrogens (tertiary/aromatic N) is 1. The maximum absolute atomic E-state index is 3.15. The predicted octanol–water partition coefficient (Wildman–Crippen LogP) is 0.815. The van der Waals surface area contributed by atoms with Gasteiger partial charge in [-0.2, -0.15) is 0 Å². The van der Waals surface area contributed by atoms with Gasteiger partial charge in [0.05, 0.1) is 6.04 Å². The molecule has 2 rings (SSSR count). The second kappa shape index (κ2) is 2.31. The average Bonchev–Trinajstić information content (AvgIpc) is 2.59. The summed E-state index contributed by atoms with van der Waals surface area (Å²) >= 11 is 0. The van der Waals surface area contributed by atoms with Gasteiger partial charge in [-0.15, -0.1) is 0 Å². The zero-order valence-corrected chi connectivity index (χ0v) is 5.70. The Morgan fingerprint density at radius 3 is 2.70 bits per heavy atom. The van der Waals surface area contributed by atoms with Gasteiger partial charge < -0.3 is 5.43 Å². The lowest BCUT2D eigenvalue weighted by Gasteiger charge is -2.20. The summed E-state index contributed by atoms with van der Waals surface area (Å²) < 4.78 is 0. The molecule has 0 bridgehead atoms. The van der Waals surface area contributed by atoms with Gasteiger partial charge in [0.15, 0.2) is 0 Å². The number of allylic oxidation sites excluding steroid dienone is 2. The quantitative estimate of drug-likeness (QED) is 0.571. The lowest BCUT2D eigenvalue weighted by molar-refractivity contribution is 0.252. The minimum atomic E-state index is 0.454. The van der Waals surface area contributed by atoms with Gasteiger partial charge in [-0.25, -0.2) is 5.01 Å². The van der Waals surface area contributed by atoms with Crippen molar-refractivity contribution in [2.24, 2.45) is 0 Å². The Hall–Kier alpha value is -1.02. The van der Waals surface area contributed by atoms with Crippen molar-refractivity contribution in [3.05, 3.63) is 36.6 Å². The van der Waals surface area contributed by atoms with E-state index in [-0.39, 0.29) is 0 Å². The first-order valence-electron chi connectivity index (χ1n) is 3.49.